The van der Waals surface area contributed by atoms with Gasteiger partial charge in [-0.2, -0.15) is 0 Å². The molecule has 2 aromatic carbocycles. The SMILES string of the molecule is C=C/C=C\c1c(C)n(C)c2ccc(S(=O)(=O)Nc3ccccc3C#Cc3ccc(C(=O)OC)nc3)cc12. The third-order valence-corrected chi connectivity index (χ3v) is 7.26. The lowest BCUT2D eigenvalue weighted by atomic mass is 10.1. The standard InChI is InChI=1S/C29H25N3O4S/c1-5-6-10-24-20(2)32(3)28-17-15-23(18-25(24)28)37(34,35)31-26-11-8-7-9-22(26)14-12-21-13-16-27(30-19-21)29(33)36-4/h5-11,13,15-19,31H,1H2,2-4H3/b10-6-. The van der Waals surface area contributed by atoms with Gasteiger partial charge in [-0.3, -0.25) is 4.72 Å². The molecule has 0 fully saturated rings. The number of pyridine rings is 1. The molecule has 1 N–H and O–H groups in total. The van der Waals surface area contributed by atoms with Gasteiger partial charge in [-0.1, -0.05) is 48.8 Å². The number of sulfonamides is 1. The van der Waals surface area contributed by atoms with Gasteiger partial charge in [0.25, 0.3) is 10.0 Å². The predicted octanol–water partition coefficient (Wildman–Crippen LogP) is 5.07. The van der Waals surface area contributed by atoms with Crippen LogP contribution < -0.4 is 4.72 Å². The van der Waals surface area contributed by atoms with Crippen molar-refractivity contribution in [2.24, 2.45) is 7.05 Å². The lowest BCUT2D eigenvalue weighted by Crippen LogP contribution is -2.13. The second kappa shape index (κ2) is 10.6. The van der Waals surface area contributed by atoms with Gasteiger partial charge in [-0.05, 0) is 49.4 Å². The van der Waals surface area contributed by atoms with Crippen LogP contribution in [0.1, 0.15) is 32.9 Å². The molecule has 0 spiro atoms. The molecule has 0 saturated carbocycles. The highest BCUT2D eigenvalue weighted by Gasteiger charge is 2.19. The van der Waals surface area contributed by atoms with Crippen molar-refractivity contribution in [3.05, 3.63) is 108 Å². The Morgan fingerprint density at radius 3 is 2.62 bits per heavy atom. The Hall–Kier alpha value is -4.61. The zero-order valence-electron chi connectivity index (χ0n) is 20.6. The molecule has 2 aromatic heterocycles. The zero-order valence-corrected chi connectivity index (χ0v) is 21.5. The molecule has 0 amide bonds. The number of ether oxygens (including phenoxy) is 1. The fraction of sp³-hybridized carbons (Fsp3) is 0.103. The first kappa shape index (κ1) is 25.5. The number of allylic oxidation sites excluding steroid dienone is 2. The third kappa shape index (κ3) is 5.32. The molecule has 0 saturated heterocycles. The van der Waals surface area contributed by atoms with Crippen molar-refractivity contribution in [2.75, 3.05) is 11.8 Å². The summed E-state index contributed by atoms with van der Waals surface area (Å²) in [7, 11) is -0.672. The Labute approximate surface area is 216 Å². The van der Waals surface area contributed by atoms with E-state index in [0.29, 0.717) is 16.8 Å². The topological polar surface area (TPSA) is 90.3 Å². The van der Waals surface area contributed by atoms with Crippen LogP contribution in [0.25, 0.3) is 17.0 Å². The molecular formula is C29H25N3O4S. The minimum absolute atomic E-state index is 0.143. The van der Waals surface area contributed by atoms with Crippen LogP contribution in [-0.2, 0) is 21.8 Å². The van der Waals surface area contributed by atoms with Gasteiger partial charge in [-0.25, -0.2) is 18.2 Å². The van der Waals surface area contributed by atoms with E-state index in [1.54, 1.807) is 54.6 Å². The van der Waals surface area contributed by atoms with E-state index in [2.05, 4.69) is 32.9 Å². The van der Waals surface area contributed by atoms with Gasteiger partial charge in [0.15, 0.2) is 0 Å². The van der Waals surface area contributed by atoms with Gasteiger partial charge in [0, 0.05) is 46.5 Å². The normalized spacial score (nSPS) is 11.2. The summed E-state index contributed by atoms with van der Waals surface area (Å²) in [6.45, 7) is 5.71. The van der Waals surface area contributed by atoms with E-state index < -0.39 is 16.0 Å². The second-order valence-corrected chi connectivity index (χ2v) is 9.84. The van der Waals surface area contributed by atoms with E-state index in [1.807, 2.05) is 30.7 Å². The molecule has 4 aromatic rings. The minimum Gasteiger partial charge on any atom is -0.464 e. The number of benzene rings is 2. The smallest absolute Gasteiger partial charge is 0.356 e. The van der Waals surface area contributed by atoms with Crippen molar-refractivity contribution >= 4 is 38.7 Å². The number of nitrogens with zero attached hydrogens (tertiary/aromatic N) is 2. The summed E-state index contributed by atoms with van der Waals surface area (Å²) in [6, 6.07) is 15.1. The second-order valence-electron chi connectivity index (χ2n) is 8.16. The Balaban J connectivity index is 1.66. The minimum atomic E-state index is -3.90. The van der Waals surface area contributed by atoms with E-state index >= 15 is 0 Å². The molecule has 2 heterocycles. The van der Waals surface area contributed by atoms with Gasteiger partial charge in [0.1, 0.15) is 5.69 Å². The van der Waals surface area contributed by atoms with E-state index in [0.717, 1.165) is 22.2 Å². The number of hydrogen-bond acceptors (Lipinski definition) is 5. The summed E-state index contributed by atoms with van der Waals surface area (Å²) in [5.41, 5.74) is 4.47. The van der Waals surface area contributed by atoms with Crippen LogP contribution in [0.4, 0.5) is 5.69 Å². The number of fused-ring (bicyclic) bond motifs is 1. The molecule has 0 bridgehead atoms. The van der Waals surface area contributed by atoms with E-state index in [4.69, 9.17) is 0 Å². The molecule has 0 unspecified atom stereocenters. The molecule has 0 radical (unpaired) electrons. The van der Waals surface area contributed by atoms with Crippen LogP contribution in [0.15, 0.2) is 84.4 Å². The van der Waals surface area contributed by atoms with Crippen LogP contribution in [0, 0.1) is 18.8 Å². The lowest BCUT2D eigenvalue weighted by molar-refractivity contribution is 0.0594. The number of para-hydroxylation sites is 1. The Bertz CT molecular complexity index is 1700. The van der Waals surface area contributed by atoms with Gasteiger partial charge >= 0.3 is 5.97 Å². The van der Waals surface area contributed by atoms with Crippen molar-refractivity contribution in [3.63, 3.8) is 0 Å². The Morgan fingerprint density at radius 1 is 1.14 bits per heavy atom. The highest BCUT2D eigenvalue weighted by molar-refractivity contribution is 7.92. The average Bonchev–Trinajstić information content (AvgIpc) is 3.15. The molecule has 0 aliphatic rings. The number of esters is 1. The van der Waals surface area contributed by atoms with Crippen LogP contribution in [-0.4, -0.2) is 31.0 Å². The van der Waals surface area contributed by atoms with Gasteiger partial charge in [0.2, 0.25) is 0 Å². The summed E-state index contributed by atoms with van der Waals surface area (Å²) >= 11 is 0. The number of hydrogen-bond donors (Lipinski definition) is 1. The van der Waals surface area contributed by atoms with E-state index in [-0.39, 0.29) is 10.6 Å². The van der Waals surface area contributed by atoms with Crippen molar-refractivity contribution in [1.29, 1.82) is 0 Å². The number of aromatic nitrogens is 2. The molecule has 186 valence electrons. The number of anilines is 1. The number of nitrogens with one attached hydrogen (secondary N) is 1. The monoisotopic (exact) mass is 511 g/mol. The highest BCUT2D eigenvalue weighted by Crippen LogP contribution is 2.29. The fourth-order valence-corrected chi connectivity index (χ4v) is 4.94. The summed E-state index contributed by atoms with van der Waals surface area (Å²) < 4.78 is 36.1. The number of rotatable bonds is 6. The summed E-state index contributed by atoms with van der Waals surface area (Å²) in [4.78, 5) is 15.7. The maximum Gasteiger partial charge on any atom is 0.356 e. The first-order valence-electron chi connectivity index (χ1n) is 11.3. The summed E-state index contributed by atoms with van der Waals surface area (Å²) in [6.07, 6.45) is 6.89. The quantitative estimate of drug-likeness (QED) is 0.222. The van der Waals surface area contributed by atoms with Crippen LogP contribution in [0.5, 0.6) is 0 Å². The molecule has 8 heteroatoms. The largest absolute Gasteiger partial charge is 0.464 e. The fourth-order valence-electron chi connectivity index (χ4n) is 3.84. The van der Waals surface area contributed by atoms with Crippen molar-refractivity contribution in [2.45, 2.75) is 11.8 Å². The zero-order chi connectivity index (χ0) is 26.6. The third-order valence-electron chi connectivity index (χ3n) is 5.89. The molecule has 0 atom stereocenters. The van der Waals surface area contributed by atoms with Gasteiger partial charge in [0.05, 0.1) is 17.7 Å². The molecule has 0 aliphatic carbocycles. The number of aryl methyl sites for hydroxylation is 1. The molecule has 0 aliphatic heterocycles. The van der Waals surface area contributed by atoms with Crippen molar-refractivity contribution in [1.82, 2.24) is 9.55 Å². The van der Waals surface area contributed by atoms with Crippen LogP contribution in [0.3, 0.4) is 0 Å². The van der Waals surface area contributed by atoms with Crippen LogP contribution in [0.2, 0.25) is 0 Å². The maximum absolute atomic E-state index is 13.4. The Kier molecular flexibility index (Phi) is 7.27. The lowest BCUT2D eigenvalue weighted by Gasteiger charge is -2.10. The maximum atomic E-state index is 13.4. The number of methoxy groups -OCH3 is 1. The predicted molar refractivity (Wildman–Crippen MR) is 146 cm³/mol. The summed E-state index contributed by atoms with van der Waals surface area (Å²) in [5, 5.41) is 0.831. The number of carbonyl (C=O) groups is 1. The van der Waals surface area contributed by atoms with Crippen molar-refractivity contribution < 1.29 is 17.9 Å². The average molecular weight is 512 g/mol. The number of carbonyl (C=O) groups excluding carboxylic acids is 1. The first-order valence-corrected chi connectivity index (χ1v) is 12.8. The Morgan fingerprint density at radius 2 is 1.92 bits per heavy atom. The van der Waals surface area contributed by atoms with Crippen LogP contribution >= 0.6 is 0 Å². The molecule has 4 rings (SSSR count). The van der Waals surface area contributed by atoms with Gasteiger partial charge < -0.3 is 9.30 Å². The van der Waals surface area contributed by atoms with Crippen molar-refractivity contribution in [3.8, 4) is 11.8 Å². The molecule has 37 heavy (non-hydrogen) atoms. The van der Waals surface area contributed by atoms with E-state index in [1.165, 1.54) is 19.4 Å². The highest BCUT2D eigenvalue weighted by atomic mass is 32.2. The first-order chi connectivity index (χ1) is 17.7. The summed E-state index contributed by atoms with van der Waals surface area (Å²) in [5.74, 6) is 5.40. The van der Waals surface area contributed by atoms with Gasteiger partial charge in [-0.15, -0.1) is 0 Å². The molecular weight excluding hydrogens is 486 g/mol. The van der Waals surface area contributed by atoms with E-state index in [9.17, 15) is 13.2 Å². The molecule has 7 nitrogen and oxygen atoms in total.